The monoisotopic (exact) mass is 572 g/mol. The summed E-state index contributed by atoms with van der Waals surface area (Å²) in [7, 11) is 1.68. The molecule has 2 heterocycles. The van der Waals surface area contributed by atoms with E-state index in [1.165, 1.54) is 16.9 Å². The van der Waals surface area contributed by atoms with Crippen molar-refractivity contribution >= 4 is 39.0 Å². The lowest BCUT2D eigenvalue weighted by atomic mass is 9.83. The van der Waals surface area contributed by atoms with Crippen LogP contribution in [0.4, 0.5) is 0 Å². The van der Waals surface area contributed by atoms with E-state index in [1.807, 2.05) is 54.0 Å². The zero-order valence-corrected chi connectivity index (χ0v) is 22.9. The molecule has 1 aliphatic heterocycles. The van der Waals surface area contributed by atoms with Crippen molar-refractivity contribution in [2.75, 3.05) is 13.7 Å². The molecule has 4 aromatic rings. The number of thiazole rings is 1. The topological polar surface area (TPSA) is 52.8 Å². The van der Waals surface area contributed by atoms with Crippen LogP contribution in [0.25, 0.3) is 11.8 Å². The highest BCUT2D eigenvalue weighted by molar-refractivity contribution is 9.10. The van der Waals surface area contributed by atoms with Gasteiger partial charge in [-0.2, -0.15) is 0 Å². The Bertz CT molecular complexity index is 1730. The van der Waals surface area contributed by atoms with Gasteiger partial charge in [0.2, 0.25) is 0 Å². The van der Waals surface area contributed by atoms with Gasteiger partial charge in [0.15, 0.2) is 4.80 Å². The van der Waals surface area contributed by atoms with Crippen molar-refractivity contribution in [1.82, 2.24) is 4.57 Å². The number of hydrogen-bond donors (Lipinski definition) is 0. The Hall–Kier alpha value is -3.42. The number of allylic oxidation sites excluding steroid dienone is 1. The van der Waals surface area contributed by atoms with Gasteiger partial charge in [-0.1, -0.05) is 59.9 Å². The summed E-state index contributed by atoms with van der Waals surface area (Å²) >= 11 is 5.01. The smallest absolute Gasteiger partial charge is 0.271 e. The van der Waals surface area contributed by atoms with Crippen molar-refractivity contribution in [3.05, 3.63) is 119 Å². The molecule has 37 heavy (non-hydrogen) atoms. The summed E-state index contributed by atoms with van der Waals surface area (Å²) in [5, 5.41) is 0. The van der Waals surface area contributed by atoms with Crippen LogP contribution in [-0.2, 0) is 6.42 Å². The Labute approximate surface area is 227 Å². The van der Waals surface area contributed by atoms with Gasteiger partial charge in [-0.3, -0.25) is 9.36 Å². The molecule has 0 radical (unpaired) electrons. The summed E-state index contributed by atoms with van der Waals surface area (Å²) < 4.78 is 14.8. The maximum Gasteiger partial charge on any atom is 0.271 e. The Morgan fingerprint density at radius 1 is 1.08 bits per heavy atom. The molecular weight excluding hydrogens is 548 g/mol. The number of ether oxygens (including phenoxy) is 2. The van der Waals surface area contributed by atoms with Gasteiger partial charge in [-0.05, 0) is 76.7 Å². The lowest BCUT2D eigenvalue weighted by Gasteiger charge is -2.31. The molecule has 0 saturated heterocycles. The van der Waals surface area contributed by atoms with Gasteiger partial charge in [-0.15, -0.1) is 0 Å². The van der Waals surface area contributed by atoms with E-state index >= 15 is 0 Å². The lowest BCUT2D eigenvalue weighted by molar-refractivity contribution is 0.338. The summed E-state index contributed by atoms with van der Waals surface area (Å²) in [6, 6.07) is 22.0. The van der Waals surface area contributed by atoms with E-state index in [0.29, 0.717) is 15.9 Å². The molecular formula is C30H25BrN2O3S. The minimum Gasteiger partial charge on any atom is -0.496 e. The molecule has 1 atom stereocenters. The number of methoxy groups -OCH3 is 1. The van der Waals surface area contributed by atoms with Crippen LogP contribution in [0.5, 0.6) is 11.5 Å². The number of aromatic nitrogens is 1. The Morgan fingerprint density at radius 3 is 2.70 bits per heavy atom. The first-order valence-electron chi connectivity index (χ1n) is 12.3. The molecule has 0 fully saturated rings. The summed E-state index contributed by atoms with van der Waals surface area (Å²) in [5.41, 5.74) is 6.43. The molecule has 3 aromatic carbocycles. The van der Waals surface area contributed by atoms with Crippen molar-refractivity contribution in [1.29, 1.82) is 0 Å². The summed E-state index contributed by atoms with van der Waals surface area (Å²) in [5.74, 6) is 1.55. The van der Waals surface area contributed by atoms with Crippen LogP contribution in [0.1, 0.15) is 41.6 Å². The number of nitrogens with zero attached hydrogens (tertiary/aromatic N) is 2. The van der Waals surface area contributed by atoms with Gasteiger partial charge < -0.3 is 9.47 Å². The van der Waals surface area contributed by atoms with Crippen LogP contribution in [0.2, 0.25) is 0 Å². The van der Waals surface area contributed by atoms with E-state index in [1.54, 1.807) is 7.11 Å². The molecule has 0 amide bonds. The molecule has 1 aliphatic carbocycles. The molecule has 2 aliphatic rings. The van der Waals surface area contributed by atoms with Crippen LogP contribution in [0, 0.1) is 0 Å². The third-order valence-corrected chi connectivity index (χ3v) is 8.46. The van der Waals surface area contributed by atoms with Gasteiger partial charge in [0, 0.05) is 11.1 Å². The molecule has 1 unspecified atom stereocenters. The van der Waals surface area contributed by atoms with Crippen LogP contribution in [-0.4, -0.2) is 18.3 Å². The first-order valence-corrected chi connectivity index (χ1v) is 13.9. The maximum absolute atomic E-state index is 14.0. The van der Waals surface area contributed by atoms with Gasteiger partial charge in [-0.25, -0.2) is 4.99 Å². The quantitative estimate of drug-likeness (QED) is 0.318. The fourth-order valence-electron chi connectivity index (χ4n) is 5.22. The second kappa shape index (κ2) is 9.80. The standard InChI is InChI=1S/C30H25BrN2O3S/c1-3-36-25-15-12-18(16-23(25)31)17-26-29(34)33-28(21-10-6-7-11-24(21)35-2)22-14-13-19-8-4-5-9-20(19)27(22)32-30(33)37-26/h4-12,15-17,28H,3,13-14H2,1-2H3. The number of para-hydroxylation sites is 1. The van der Waals surface area contributed by atoms with E-state index in [4.69, 9.17) is 14.5 Å². The third-order valence-electron chi connectivity index (χ3n) is 6.86. The van der Waals surface area contributed by atoms with E-state index in [9.17, 15) is 4.79 Å². The SMILES string of the molecule is CCOc1ccc(C=c2sc3n(c2=O)C(c2ccccc2OC)C2=C(N=3)c3ccccc3CC2)cc1Br. The van der Waals surface area contributed by atoms with E-state index in [-0.39, 0.29) is 11.6 Å². The maximum atomic E-state index is 14.0. The van der Waals surface area contributed by atoms with Gasteiger partial charge in [0.25, 0.3) is 5.56 Å². The van der Waals surface area contributed by atoms with Crippen LogP contribution >= 0.6 is 27.3 Å². The predicted octanol–water partition coefficient (Wildman–Crippen LogP) is 5.49. The first kappa shape index (κ1) is 23.9. The Kier molecular flexibility index (Phi) is 6.34. The molecule has 0 saturated carbocycles. The van der Waals surface area contributed by atoms with Crippen molar-refractivity contribution in [2.45, 2.75) is 25.8 Å². The third kappa shape index (κ3) is 4.16. The molecule has 0 N–H and O–H groups in total. The highest BCUT2D eigenvalue weighted by Crippen LogP contribution is 2.43. The van der Waals surface area contributed by atoms with Crippen molar-refractivity contribution in [3.8, 4) is 11.5 Å². The number of rotatable bonds is 5. The molecule has 7 heteroatoms. The lowest BCUT2D eigenvalue weighted by Crippen LogP contribution is -2.39. The normalized spacial score (nSPS) is 16.5. The second-order valence-electron chi connectivity index (χ2n) is 8.98. The zero-order valence-electron chi connectivity index (χ0n) is 20.5. The number of halogens is 1. The van der Waals surface area contributed by atoms with Crippen LogP contribution in [0.3, 0.4) is 0 Å². The fourth-order valence-corrected chi connectivity index (χ4v) is 6.73. The van der Waals surface area contributed by atoms with Crippen molar-refractivity contribution < 1.29 is 9.47 Å². The highest BCUT2D eigenvalue weighted by atomic mass is 79.9. The predicted molar refractivity (Wildman–Crippen MR) is 151 cm³/mol. The molecule has 1 aromatic heterocycles. The number of aryl methyl sites for hydroxylation is 1. The number of benzene rings is 3. The highest BCUT2D eigenvalue weighted by Gasteiger charge is 2.33. The molecule has 0 bridgehead atoms. The van der Waals surface area contributed by atoms with Crippen LogP contribution in [0.15, 0.2) is 86.6 Å². The Morgan fingerprint density at radius 2 is 1.89 bits per heavy atom. The fraction of sp³-hybridized carbons (Fsp3) is 0.200. The number of fused-ring (bicyclic) bond motifs is 3. The van der Waals surface area contributed by atoms with E-state index in [0.717, 1.165) is 56.8 Å². The first-order chi connectivity index (χ1) is 18.1. The van der Waals surface area contributed by atoms with E-state index < -0.39 is 0 Å². The average Bonchev–Trinajstić information content (AvgIpc) is 3.23. The second-order valence-corrected chi connectivity index (χ2v) is 10.8. The minimum atomic E-state index is -0.273. The minimum absolute atomic E-state index is 0.0462. The summed E-state index contributed by atoms with van der Waals surface area (Å²) in [4.78, 5) is 19.7. The summed E-state index contributed by atoms with van der Waals surface area (Å²) in [6.07, 6.45) is 3.69. The Balaban J connectivity index is 1.59. The average molecular weight is 574 g/mol. The van der Waals surface area contributed by atoms with Gasteiger partial charge in [0.05, 0.1) is 34.5 Å². The largest absolute Gasteiger partial charge is 0.496 e. The molecule has 0 spiro atoms. The van der Waals surface area contributed by atoms with Gasteiger partial charge in [0.1, 0.15) is 11.5 Å². The molecule has 5 nitrogen and oxygen atoms in total. The van der Waals surface area contributed by atoms with Gasteiger partial charge >= 0.3 is 0 Å². The van der Waals surface area contributed by atoms with E-state index in [2.05, 4.69) is 46.3 Å². The van der Waals surface area contributed by atoms with Crippen molar-refractivity contribution in [2.24, 2.45) is 4.99 Å². The number of hydrogen-bond acceptors (Lipinski definition) is 5. The zero-order chi connectivity index (χ0) is 25.5. The van der Waals surface area contributed by atoms with Crippen molar-refractivity contribution in [3.63, 3.8) is 0 Å². The molecule has 186 valence electrons. The van der Waals surface area contributed by atoms with Crippen LogP contribution < -0.4 is 24.4 Å². The molecule has 6 rings (SSSR count). The summed E-state index contributed by atoms with van der Waals surface area (Å²) in [6.45, 7) is 2.55.